The second-order valence-electron chi connectivity index (χ2n) is 4.18. The molecule has 1 fully saturated rings. The summed E-state index contributed by atoms with van der Waals surface area (Å²) in [5.41, 5.74) is -5.48. The number of hydrogen-bond acceptors (Lipinski definition) is 5. The van der Waals surface area contributed by atoms with Gasteiger partial charge in [0.1, 0.15) is 0 Å². The molecular weight excluding hydrogens is 289 g/mol. The minimum atomic E-state index is -5.69. The Hall–Kier alpha value is -0.830. The second kappa shape index (κ2) is 6.08. The van der Waals surface area contributed by atoms with E-state index in [1.807, 2.05) is 0 Å². The van der Waals surface area contributed by atoms with Gasteiger partial charge in [-0.25, -0.2) is 0 Å². The maximum atomic E-state index is 12.2. The standard InChI is InChI=1S/C10H15F3O5S/c1-2-17-9(14)7-5-3-4-6-8(7)18-19(15,16)10(11,12)13/h7-8H,2-6H2,1H3. The highest BCUT2D eigenvalue weighted by Crippen LogP contribution is 2.33. The van der Waals surface area contributed by atoms with Crippen LogP contribution in [0.5, 0.6) is 0 Å². The molecule has 0 aliphatic heterocycles. The zero-order chi connectivity index (χ0) is 14.7. The SMILES string of the molecule is CCOC(=O)C1CCCCC1OS(=O)(=O)C(F)(F)F. The molecule has 0 saturated heterocycles. The number of hydrogen-bond donors (Lipinski definition) is 0. The van der Waals surface area contributed by atoms with Gasteiger partial charge in [0.15, 0.2) is 0 Å². The Balaban J connectivity index is 2.82. The monoisotopic (exact) mass is 304 g/mol. The van der Waals surface area contributed by atoms with Crippen molar-refractivity contribution in [3.63, 3.8) is 0 Å². The van der Waals surface area contributed by atoms with E-state index >= 15 is 0 Å². The van der Waals surface area contributed by atoms with Crippen molar-refractivity contribution in [1.29, 1.82) is 0 Å². The fraction of sp³-hybridized carbons (Fsp3) is 0.900. The summed E-state index contributed by atoms with van der Waals surface area (Å²) < 4.78 is 67.5. The summed E-state index contributed by atoms with van der Waals surface area (Å²) >= 11 is 0. The first-order valence-corrected chi connectivity index (χ1v) is 7.26. The van der Waals surface area contributed by atoms with Gasteiger partial charge in [-0.05, 0) is 19.8 Å². The molecule has 0 bridgehead atoms. The molecule has 1 rings (SSSR count). The quantitative estimate of drug-likeness (QED) is 0.451. The lowest BCUT2D eigenvalue weighted by molar-refractivity contribution is -0.153. The zero-order valence-electron chi connectivity index (χ0n) is 10.3. The van der Waals surface area contributed by atoms with Crippen LogP contribution in [0.25, 0.3) is 0 Å². The van der Waals surface area contributed by atoms with Gasteiger partial charge in [0, 0.05) is 0 Å². The third kappa shape index (κ3) is 4.07. The first-order valence-electron chi connectivity index (χ1n) is 5.85. The summed E-state index contributed by atoms with van der Waals surface area (Å²) in [7, 11) is -5.69. The van der Waals surface area contributed by atoms with Gasteiger partial charge in [-0.3, -0.25) is 8.98 Å². The maximum Gasteiger partial charge on any atom is 0.523 e. The van der Waals surface area contributed by atoms with E-state index in [2.05, 4.69) is 4.18 Å². The van der Waals surface area contributed by atoms with E-state index < -0.39 is 33.6 Å². The van der Waals surface area contributed by atoms with E-state index in [0.29, 0.717) is 12.8 Å². The van der Waals surface area contributed by atoms with Crippen LogP contribution in [0.3, 0.4) is 0 Å². The highest BCUT2D eigenvalue weighted by atomic mass is 32.2. The molecule has 0 aromatic rings. The molecular formula is C10H15F3O5S. The molecule has 0 heterocycles. The molecule has 0 amide bonds. The minimum absolute atomic E-state index is 0.0775. The lowest BCUT2D eigenvalue weighted by Crippen LogP contribution is -2.39. The number of alkyl halides is 3. The van der Waals surface area contributed by atoms with E-state index in [9.17, 15) is 26.4 Å². The van der Waals surface area contributed by atoms with Crippen LogP contribution < -0.4 is 0 Å². The van der Waals surface area contributed by atoms with Crippen molar-refractivity contribution in [2.24, 2.45) is 5.92 Å². The summed E-state index contributed by atoms with van der Waals surface area (Å²) in [5, 5.41) is 0. The number of carbonyl (C=O) groups excluding carboxylic acids is 1. The van der Waals surface area contributed by atoms with Crippen LogP contribution in [0, 0.1) is 5.92 Å². The van der Waals surface area contributed by atoms with Crippen LogP contribution in [-0.2, 0) is 23.8 Å². The highest BCUT2D eigenvalue weighted by Gasteiger charge is 2.50. The van der Waals surface area contributed by atoms with Crippen LogP contribution in [0.1, 0.15) is 32.6 Å². The maximum absolute atomic E-state index is 12.2. The van der Waals surface area contributed by atoms with E-state index in [1.165, 1.54) is 0 Å². The average molecular weight is 304 g/mol. The Bertz CT molecular complexity index is 417. The molecule has 0 aromatic carbocycles. The van der Waals surface area contributed by atoms with Crippen LogP contribution in [-0.4, -0.2) is 32.6 Å². The molecule has 1 aliphatic rings. The Morgan fingerprint density at radius 3 is 2.37 bits per heavy atom. The fourth-order valence-corrected chi connectivity index (χ4v) is 2.61. The normalized spacial score (nSPS) is 25.1. The number of halogens is 3. The molecule has 0 radical (unpaired) electrons. The predicted octanol–water partition coefficient (Wildman–Crippen LogP) is 1.97. The van der Waals surface area contributed by atoms with Gasteiger partial charge < -0.3 is 4.74 Å². The van der Waals surface area contributed by atoms with Crippen LogP contribution in [0.2, 0.25) is 0 Å². The Kier molecular flexibility index (Phi) is 5.19. The van der Waals surface area contributed by atoms with Crippen molar-refractivity contribution in [3.8, 4) is 0 Å². The molecule has 0 spiro atoms. The van der Waals surface area contributed by atoms with Crippen molar-refractivity contribution in [1.82, 2.24) is 0 Å². The number of carbonyl (C=O) groups is 1. The Morgan fingerprint density at radius 2 is 1.84 bits per heavy atom. The first-order chi connectivity index (χ1) is 8.69. The highest BCUT2D eigenvalue weighted by molar-refractivity contribution is 7.87. The zero-order valence-corrected chi connectivity index (χ0v) is 11.1. The van der Waals surface area contributed by atoms with Gasteiger partial charge in [0.25, 0.3) is 0 Å². The number of rotatable bonds is 4. The smallest absolute Gasteiger partial charge is 0.466 e. The van der Waals surface area contributed by atoms with Gasteiger partial charge >= 0.3 is 21.6 Å². The largest absolute Gasteiger partial charge is 0.523 e. The van der Waals surface area contributed by atoms with E-state index in [4.69, 9.17) is 4.74 Å². The van der Waals surface area contributed by atoms with Crippen molar-refractivity contribution in [2.45, 2.75) is 44.2 Å². The van der Waals surface area contributed by atoms with Gasteiger partial charge in [-0.15, -0.1) is 0 Å². The predicted molar refractivity (Wildman–Crippen MR) is 58.4 cm³/mol. The summed E-state index contributed by atoms with van der Waals surface area (Å²) in [5.74, 6) is -1.68. The van der Waals surface area contributed by atoms with Crippen LogP contribution in [0.15, 0.2) is 0 Å². The number of esters is 1. The molecule has 1 saturated carbocycles. The van der Waals surface area contributed by atoms with Crippen molar-refractivity contribution in [3.05, 3.63) is 0 Å². The summed E-state index contributed by atoms with van der Waals surface area (Å²) in [6, 6.07) is 0. The molecule has 0 aromatic heterocycles. The molecule has 0 N–H and O–H groups in total. The number of ether oxygens (including phenoxy) is 1. The third-order valence-corrected chi connectivity index (χ3v) is 3.89. The molecule has 2 atom stereocenters. The fourth-order valence-electron chi connectivity index (χ4n) is 1.95. The second-order valence-corrected chi connectivity index (χ2v) is 5.74. The summed E-state index contributed by atoms with van der Waals surface area (Å²) in [6.45, 7) is 1.64. The van der Waals surface area contributed by atoms with Crippen molar-refractivity contribution < 1.29 is 35.3 Å². The van der Waals surface area contributed by atoms with Crippen molar-refractivity contribution in [2.75, 3.05) is 6.61 Å². The van der Waals surface area contributed by atoms with Crippen LogP contribution in [0.4, 0.5) is 13.2 Å². The van der Waals surface area contributed by atoms with E-state index in [0.717, 1.165) is 0 Å². The minimum Gasteiger partial charge on any atom is -0.466 e. The molecule has 1 aliphatic carbocycles. The van der Waals surface area contributed by atoms with Crippen LogP contribution >= 0.6 is 0 Å². The summed E-state index contributed by atoms with van der Waals surface area (Å²) in [4.78, 5) is 11.6. The molecule has 5 nitrogen and oxygen atoms in total. The van der Waals surface area contributed by atoms with Gasteiger partial charge in [0.2, 0.25) is 0 Å². The third-order valence-electron chi connectivity index (χ3n) is 2.83. The molecule has 19 heavy (non-hydrogen) atoms. The lowest BCUT2D eigenvalue weighted by Gasteiger charge is -2.29. The average Bonchev–Trinajstić information content (AvgIpc) is 2.28. The summed E-state index contributed by atoms with van der Waals surface area (Å²) in [6.07, 6.45) is 0.165. The van der Waals surface area contributed by atoms with Gasteiger partial charge in [-0.1, -0.05) is 12.8 Å². The lowest BCUT2D eigenvalue weighted by atomic mass is 9.87. The van der Waals surface area contributed by atoms with E-state index in [1.54, 1.807) is 6.92 Å². The topological polar surface area (TPSA) is 69.7 Å². The molecule has 9 heteroatoms. The molecule has 112 valence electrons. The van der Waals surface area contributed by atoms with Gasteiger partial charge in [-0.2, -0.15) is 21.6 Å². The molecule has 2 unspecified atom stereocenters. The van der Waals surface area contributed by atoms with Crippen molar-refractivity contribution >= 4 is 16.1 Å². The first kappa shape index (κ1) is 16.2. The Morgan fingerprint density at radius 1 is 1.26 bits per heavy atom. The Labute approximate surface area is 109 Å². The van der Waals surface area contributed by atoms with Gasteiger partial charge in [0.05, 0.1) is 18.6 Å². The van der Waals surface area contributed by atoms with E-state index in [-0.39, 0.29) is 19.4 Å².